The fourth-order valence-electron chi connectivity index (χ4n) is 2.73. The Morgan fingerprint density at radius 1 is 0.963 bits per heavy atom. The topological polar surface area (TPSA) is 80.2 Å². The van der Waals surface area contributed by atoms with Crippen molar-refractivity contribution in [2.45, 2.75) is 23.8 Å². The van der Waals surface area contributed by atoms with E-state index < -0.39 is 10.0 Å². The second-order valence-corrected chi connectivity index (χ2v) is 8.23. The zero-order chi connectivity index (χ0) is 18.9. The lowest BCUT2D eigenvalue weighted by atomic mass is 10.2. The van der Waals surface area contributed by atoms with Crippen LogP contribution in [0.25, 0.3) is 5.69 Å². The molecule has 1 fully saturated rings. The molecule has 138 valence electrons. The Balaban J connectivity index is 1.48. The highest BCUT2D eigenvalue weighted by Crippen LogP contribution is 2.22. The number of anilines is 1. The molecule has 3 aromatic rings. The van der Waals surface area contributed by atoms with E-state index in [1.54, 1.807) is 0 Å². The van der Waals surface area contributed by atoms with Crippen molar-refractivity contribution in [3.8, 4) is 5.69 Å². The van der Waals surface area contributed by atoms with Crippen molar-refractivity contribution in [3.05, 3.63) is 78.6 Å². The van der Waals surface area contributed by atoms with Crippen LogP contribution in [0, 0.1) is 0 Å². The number of amides is 1. The summed E-state index contributed by atoms with van der Waals surface area (Å²) in [6.07, 6.45) is 5.61. The maximum absolute atomic E-state index is 12.5. The van der Waals surface area contributed by atoms with Gasteiger partial charge in [0.1, 0.15) is 0 Å². The normalized spacial score (nSPS) is 14.1. The van der Waals surface area contributed by atoms with E-state index in [1.165, 1.54) is 24.3 Å². The second-order valence-electron chi connectivity index (χ2n) is 6.51. The van der Waals surface area contributed by atoms with Crippen LogP contribution in [0.3, 0.4) is 0 Å². The molecule has 27 heavy (non-hydrogen) atoms. The van der Waals surface area contributed by atoms with Crippen LogP contribution in [0.1, 0.15) is 23.2 Å². The molecule has 0 spiro atoms. The van der Waals surface area contributed by atoms with Gasteiger partial charge in [0.15, 0.2) is 0 Å². The molecule has 1 aromatic heterocycles. The Kier molecular flexibility index (Phi) is 4.55. The Labute approximate surface area is 157 Å². The molecule has 2 aromatic carbocycles. The summed E-state index contributed by atoms with van der Waals surface area (Å²) in [6.45, 7) is 0. The minimum absolute atomic E-state index is 0.0468. The van der Waals surface area contributed by atoms with Gasteiger partial charge in [-0.1, -0.05) is 6.07 Å². The summed E-state index contributed by atoms with van der Waals surface area (Å²) in [7, 11) is -3.51. The van der Waals surface area contributed by atoms with Gasteiger partial charge >= 0.3 is 0 Å². The van der Waals surface area contributed by atoms with E-state index in [4.69, 9.17) is 0 Å². The first-order valence-corrected chi connectivity index (χ1v) is 10.2. The number of hydrogen-bond donors (Lipinski definition) is 2. The first kappa shape index (κ1) is 17.5. The Bertz CT molecular complexity index is 1050. The van der Waals surface area contributed by atoms with Crippen LogP contribution < -0.4 is 10.0 Å². The van der Waals surface area contributed by atoms with Crippen LogP contribution in [0.4, 0.5) is 5.69 Å². The van der Waals surface area contributed by atoms with Gasteiger partial charge in [0.25, 0.3) is 5.91 Å². The standard InChI is InChI=1S/C20H19N3O3S/c24-20(21-17-4-3-5-18(14-17)23-12-1-2-13-23)15-6-10-19(11-7-15)27(25,26)22-16-8-9-16/h1-7,10-14,16,22H,8-9H2,(H,21,24). The number of carbonyl (C=O) groups excluding carboxylic acids is 1. The molecular formula is C20H19N3O3S. The Hall–Kier alpha value is -2.90. The fraction of sp³-hybridized carbons (Fsp3) is 0.150. The lowest BCUT2D eigenvalue weighted by Crippen LogP contribution is -2.25. The van der Waals surface area contributed by atoms with Gasteiger partial charge in [-0.2, -0.15) is 0 Å². The van der Waals surface area contributed by atoms with Gasteiger partial charge in [0.05, 0.1) is 4.90 Å². The highest BCUT2D eigenvalue weighted by Gasteiger charge is 2.27. The van der Waals surface area contributed by atoms with Crippen LogP contribution in [0.5, 0.6) is 0 Å². The zero-order valence-corrected chi connectivity index (χ0v) is 15.3. The van der Waals surface area contributed by atoms with E-state index >= 15 is 0 Å². The molecule has 1 aliphatic rings. The number of carbonyl (C=O) groups is 1. The van der Waals surface area contributed by atoms with Gasteiger partial charge in [0.2, 0.25) is 10.0 Å². The third-order valence-electron chi connectivity index (χ3n) is 4.33. The molecule has 0 atom stereocenters. The minimum atomic E-state index is -3.51. The predicted molar refractivity (Wildman–Crippen MR) is 104 cm³/mol. The number of benzene rings is 2. The first-order chi connectivity index (χ1) is 13.0. The third-order valence-corrected chi connectivity index (χ3v) is 5.87. The Morgan fingerprint density at radius 3 is 2.33 bits per heavy atom. The number of hydrogen-bond acceptors (Lipinski definition) is 3. The zero-order valence-electron chi connectivity index (χ0n) is 14.5. The molecule has 1 saturated carbocycles. The summed E-state index contributed by atoms with van der Waals surface area (Å²) in [4.78, 5) is 12.6. The van der Waals surface area contributed by atoms with Gasteiger partial charge in [-0.3, -0.25) is 4.79 Å². The van der Waals surface area contributed by atoms with Crippen molar-refractivity contribution >= 4 is 21.6 Å². The predicted octanol–water partition coefficient (Wildman–Crippen LogP) is 3.17. The average Bonchev–Trinajstić information content (AvgIpc) is 3.29. The quantitative estimate of drug-likeness (QED) is 0.688. The molecule has 1 heterocycles. The molecule has 0 unspecified atom stereocenters. The molecule has 6 nitrogen and oxygen atoms in total. The summed E-state index contributed by atoms with van der Waals surface area (Å²) in [6, 6.07) is 17.3. The Morgan fingerprint density at radius 2 is 1.67 bits per heavy atom. The number of nitrogens with one attached hydrogen (secondary N) is 2. The molecule has 7 heteroatoms. The van der Waals surface area contributed by atoms with Gasteiger partial charge < -0.3 is 9.88 Å². The van der Waals surface area contributed by atoms with Gasteiger partial charge in [-0.05, 0) is 67.4 Å². The fourth-order valence-corrected chi connectivity index (χ4v) is 4.03. The van der Waals surface area contributed by atoms with Crippen LogP contribution in [0.15, 0.2) is 78.0 Å². The van der Waals surface area contributed by atoms with E-state index in [0.29, 0.717) is 11.3 Å². The molecule has 0 radical (unpaired) electrons. The van der Waals surface area contributed by atoms with Crippen LogP contribution >= 0.6 is 0 Å². The van der Waals surface area contributed by atoms with E-state index in [9.17, 15) is 13.2 Å². The lowest BCUT2D eigenvalue weighted by Gasteiger charge is -2.09. The van der Waals surface area contributed by atoms with E-state index in [2.05, 4.69) is 10.0 Å². The average molecular weight is 381 g/mol. The number of rotatable bonds is 6. The van der Waals surface area contributed by atoms with Crippen molar-refractivity contribution in [1.82, 2.24) is 9.29 Å². The lowest BCUT2D eigenvalue weighted by molar-refractivity contribution is 0.102. The van der Waals surface area contributed by atoms with Crippen molar-refractivity contribution in [1.29, 1.82) is 0 Å². The summed E-state index contributed by atoms with van der Waals surface area (Å²) in [5.41, 5.74) is 2.00. The monoisotopic (exact) mass is 381 g/mol. The van der Waals surface area contributed by atoms with Crippen molar-refractivity contribution in [2.24, 2.45) is 0 Å². The highest BCUT2D eigenvalue weighted by molar-refractivity contribution is 7.89. The van der Waals surface area contributed by atoms with E-state index in [0.717, 1.165) is 18.5 Å². The van der Waals surface area contributed by atoms with Gasteiger partial charge in [-0.25, -0.2) is 13.1 Å². The van der Waals surface area contributed by atoms with Crippen molar-refractivity contribution in [2.75, 3.05) is 5.32 Å². The summed E-state index contributed by atoms with van der Waals surface area (Å²) in [5, 5.41) is 2.84. The molecule has 2 N–H and O–H groups in total. The molecular weight excluding hydrogens is 362 g/mol. The summed E-state index contributed by atoms with van der Waals surface area (Å²) in [5.74, 6) is -0.293. The van der Waals surface area contributed by atoms with Crippen LogP contribution in [-0.4, -0.2) is 24.9 Å². The SMILES string of the molecule is O=C(Nc1cccc(-n2cccc2)c1)c1ccc(S(=O)(=O)NC2CC2)cc1. The summed E-state index contributed by atoms with van der Waals surface area (Å²) < 4.78 is 29.0. The largest absolute Gasteiger partial charge is 0.324 e. The van der Waals surface area contributed by atoms with Gasteiger partial charge in [-0.15, -0.1) is 0 Å². The maximum atomic E-state index is 12.5. The highest BCUT2D eigenvalue weighted by atomic mass is 32.2. The molecule has 4 rings (SSSR count). The molecule has 0 bridgehead atoms. The maximum Gasteiger partial charge on any atom is 0.255 e. The smallest absolute Gasteiger partial charge is 0.255 e. The first-order valence-electron chi connectivity index (χ1n) is 8.68. The van der Waals surface area contributed by atoms with Crippen LogP contribution in [-0.2, 0) is 10.0 Å². The van der Waals surface area contributed by atoms with E-state index in [1.807, 2.05) is 53.4 Å². The minimum Gasteiger partial charge on any atom is -0.324 e. The second kappa shape index (κ2) is 7.02. The number of aromatic nitrogens is 1. The van der Waals surface area contributed by atoms with E-state index in [-0.39, 0.29) is 16.8 Å². The van der Waals surface area contributed by atoms with Crippen molar-refractivity contribution in [3.63, 3.8) is 0 Å². The summed E-state index contributed by atoms with van der Waals surface area (Å²) >= 11 is 0. The molecule has 1 aliphatic carbocycles. The van der Waals surface area contributed by atoms with Crippen LogP contribution in [0.2, 0.25) is 0 Å². The number of nitrogens with zero attached hydrogens (tertiary/aromatic N) is 1. The van der Waals surface area contributed by atoms with Gasteiger partial charge in [0, 0.05) is 35.4 Å². The number of sulfonamides is 1. The molecule has 0 saturated heterocycles. The third kappa shape index (κ3) is 4.10. The molecule has 0 aliphatic heterocycles. The van der Waals surface area contributed by atoms with Crippen molar-refractivity contribution < 1.29 is 13.2 Å². The molecule has 1 amide bonds.